The smallest absolute Gasteiger partial charge is 0.335 e. The molecule has 6 nitrogen and oxygen atoms in total. The van der Waals surface area contributed by atoms with Crippen LogP contribution in [0.3, 0.4) is 0 Å². The standard InChI is InChI=1S/C20H16Cl2N2O4/c1-2-9-28-17-6-4-3-5-12(17)10-14-18(25)23-20(27)24(19(14)26)13-7-8-15(21)16(22)11-13/h3-8,10-11H,2,9H2,1H3,(H,23,25,27)/b14-10+. The van der Waals surface area contributed by atoms with E-state index in [4.69, 9.17) is 27.9 Å². The van der Waals surface area contributed by atoms with Crippen molar-refractivity contribution in [3.63, 3.8) is 0 Å². The van der Waals surface area contributed by atoms with Gasteiger partial charge in [0.25, 0.3) is 11.8 Å². The minimum absolute atomic E-state index is 0.181. The van der Waals surface area contributed by atoms with Crippen LogP contribution in [0.4, 0.5) is 10.5 Å². The van der Waals surface area contributed by atoms with Gasteiger partial charge in [-0.25, -0.2) is 9.69 Å². The molecule has 1 heterocycles. The predicted octanol–water partition coefficient (Wildman–Crippen LogP) is 4.45. The molecule has 0 atom stereocenters. The molecular formula is C20H16Cl2N2O4. The van der Waals surface area contributed by atoms with E-state index in [1.807, 2.05) is 6.92 Å². The molecule has 1 saturated heterocycles. The van der Waals surface area contributed by atoms with Crippen LogP contribution in [0.15, 0.2) is 48.0 Å². The Morgan fingerprint density at radius 1 is 1.07 bits per heavy atom. The third kappa shape index (κ3) is 4.03. The molecule has 4 amide bonds. The van der Waals surface area contributed by atoms with Crippen LogP contribution in [0, 0.1) is 0 Å². The molecule has 0 aliphatic carbocycles. The Morgan fingerprint density at radius 2 is 1.82 bits per heavy atom. The second-order valence-electron chi connectivity index (χ2n) is 5.94. The molecule has 0 radical (unpaired) electrons. The number of imide groups is 2. The number of nitrogens with one attached hydrogen (secondary N) is 1. The summed E-state index contributed by atoms with van der Waals surface area (Å²) in [4.78, 5) is 38.3. The van der Waals surface area contributed by atoms with Crippen LogP contribution in [0.1, 0.15) is 18.9 Å². The molecule has 144 valence electrons. The lowest BCUT2D eigenvalue weighted by Crippen LogP contribution is -2.54. The molecule has 1 fully saturated rings. The zero-order chi connectivity index (χ0) is 20.3. The van der Waals surface area contributed by atoms with Crippen LogP contribution >= 0.6 is 23.2 Å². The molecule has 0 spiro atoms. The van der Waals surface area contributed by atoms with Crippen molar-refractivity contribution in [1.82, 2.24) is 5.32 Å². The topological polar surface area (TPSA) is 75.7 Å². The number of anilines is 1. The van der Waals surface area contributed by atoms with Gasteiger partial charge in [0.1, 0.15) is 11.3 Å². The maximum atomic E-state index is 12.9. The van der Waals surface area contributed by atoms with Crippen LogP contribution in [0.25, 0.3) is 6.08 Å². The van der Waals surface area contributed by atoms with Crippen molar-refractivity contribution < 1.29 is 19.1 Å². The van der Waals surface area contributed by atoms with Gasteiger partial charge in [-0.1, -0.05) is 48.3 Å². The zero-order valence-corrected chi connectivity index (χ0v) is 16.4. The molecular weight excluding hydrogens is 403 g/mol. The fraction of sp³-hybridized carbons (Fsp3) is 0.150. The van der Waals surface area contributed by atoms with Crippen LogP contribution in [0.2, 0.25) is 10.0 Å². The molecule has 0 saturated carbocycles. The number of hydrogen-bond donors (Lipinski definition) is 1. The highest BCUT2D eigenvalue weighted by atomic mass is 35.5. The van der Waals surface area contributed by atoms with E-state index in [0.29, 0.717) is 17.9 Å². The van der Waals surface area contributed by atoms with Gasteiger partial charge in [0, 0.05) is 5.56 Å². The van der Waals surface area contributed by atoms with Crippen molar-refractivity contribution in [2.24, 2.45) is 0 Å². The van der Waals surface area contributed by atoms with Crippen LogP contribution in [0.5, 0.6) is 5.75 Å². The number of para-hydroxylation sites is 1. The normalized spacial score (nSPS) is 15.8. The number of rotatable bonds is 5. The highest BCUT2D eigenvalue weighted by molar-refractivity contribution is 6.43. The monoisotopic (exact) mass is 418 g/mol. The molecule has 1 N–H and O–H groups in total. The van der Waals surface area contributed by atoms with E-state index in [1.54, 1.807) is 24.3 Å². The van der Waals surface area contributed by atoms with E-state index in [1.165, 1.54) is 24.3 Å². The predicted molar refractivity (Wildman–Crippen MR) is 108 cm³/mol. The molecule has 28 heavy (non-hydrogen) atoms. The van der Waals surface area contributed by atoms with Crippen molar-refractivity contribution >= 4 is 52.8 Å². The van der Waals surface area contributed by atoms with Crippen molar-refractivity contribution in [2.75, 3.05) is 11.5 Å². The molecule has 0 bridgehead atoms. The first-order valence-electron chi connectivity index (χ1n) is 8.50. The van der Waals surface area contributed by atoms with E-state index < -0.39 is 17.8 Å². The number of nitrogens with zero attached hydrogens (tertiary/aromatic N) is 1. The molecule has 2 aromatic rings. The lowest BCUT2D eigenvalue weighted by Gasteiger charge is -2.26. The summed E-state index contributed by atoms with van der Waals surface area (Å²) in [5, 5.41) is 2.63. The average Bonchev–Trinajstić information content (AvgIpc) is 2.67. The number of hydrogen-bond acceptors (Lipinski definition) is 4. The summed E-state index contributed by atoms with van der Waals surface area (Å²) < 4.78 is 5.66. The summed E-state index contributed by atoms with van der Waals surface area (Å²) >= 11 is 11.9. The summed E-state index contributed by atoms with van der Waals surface area (Å²) in [7, 11) is 0. The van der Waals surface area contributed by atoms with E-state index in [2.05, 4.69) is 5.32 Å². The number of carbonyl (C=O) groups is 3. The number of amides is 4. The lowest BCUT2D eigenvalue weighted by atomic mass is 10.1. The lowest BCUT2D eigenvalue weighted by molar-refractivity contribution is -0.122. The Labute approximate surface area is 171 Å². The number of benzene rings is 2. The molecule has 2 aromatic carbocycles. The Bertz CT molecular complexity index is 988. The fourth-order valence-electron chi connectivity index (χ4n) is 2.61. The quantitative estimate of drug-likeness (QED) is 0.574. The van der Waals surface area contributed by atoms with Crippen molar-refractivity contribution in [3.05, 3.63) is 63.6 Å². The molecule has 1 aliphatic rings. The Morgan fingerprint density at radius 3 is 2.54 bits per heavy atom. The van der Waals surface area contributed by atoms with Gasteiger partial charge in [0.05, 0.1) is 22.3 Å². The first kappa shape index (κ1) is 19.9. The third-order valence-electron chi connectivity index (χ3n) is 3.94. The summed E-state index contributed by atoms with van der Waals surface area (Å²) in [6.07, 6.45) is 2.21. The molecule has 0 aromatic heterocycles. The Hall–Kier alpha value is -2.83. The van der Waals surface area contributed by atoms with Gasteiger partial charge in [-0.2, -0.15) is 0 Å². The summed E-state index contributed by atoms with van der Waals surface area (Å²) in [5.74, 6) is -1.01. The zero-order valence-electron chi connectivity index (χ0n) is 14.9. The summed E-state index contributed by atoms with van der Waals surface area (Å²) in [6.45, 7) is 2.47. The minimum atomic E-state index is -0.860. The second kappa shape index (κ2) is 8.46. The first-order valence-corrected chi connectivity index (χ1v) is 9.26. The summed E-state index contributed by atoms with van der Waals surface area (Å²) in [5.41, 5.74) is 0.557. The Kier molecular flexibility index (Phi) is 6.02. The van der Waals surface area contributed by atoms with E-state index in [-0.39, 0.29) is 21.3 Å². The van der Waals surface area contributed by atoms with Crippen LogP contribution < -0.4 is 15.0 Å². The fourth-order valence-corrected chi connectivity index (χ4v) is 2.91. The van der Waals surface area contributed by atoms with E-state index in [9.17, 15) is 14.4 Å². The summed E-state index contributed by atoms with van der Waals surface area (Å²) in [6, 6.07) is 10.5. The van der Waals surface area contributed by atoms with Crippen molar-refractivity contribution in [2.45, 2.75) is 13.3 Å². The van der Waals surface area contributed by atoms with Crippen LogP contribution in [-0.4, -0.2) is 24.5 Å². The minimum Gasteiger partial charge on any atom is -0.493 e. The molecule has 8 heteroatoms. The second-order valence-corrected chi connectivity index (χ2v) is 6.76. The Balaban J connectivity index is 2.01. The SMILES string of the molecule is CCCOc1ccccc1/C=C1\C(=O)NC(=O)N(c2ccc(Cl)c(Cl)c2)C1=O. The van der Waals surface area contributed by atoms with Gasteiger partial charge in [0.15, 0.2) is 0 Å². The van der Waals surface area contributed by atoms with E-state index in [0.717, 1.165) is 11.3 Å². The maximum absolute atomic E-state index is 12.9. The van der Waals surface area contributed by atoms with Crippen LogP contribution in [-0.2, 0) is 9.59 Å². The average molecular weight is 419 g/mol. The number of halogens is 2. The highest BCUT2D eigenvalue weighted by Gasteiger charge is 2.37. The van der Waals surface area contributed by atoms with Gasteiger partial charge in [-0.3, -0.25) is 14.9 Å². The van der Waals surface area contributed by atoms with Gasteiger partial charge in [-0.05, 0) is 36.8 Å². The third-order valence-corrected chi connectivity index (χ3v) is 4.68. The highest BCUT2D eigenvalue weighted by Crippen LogP contribution is 2.30. The number of urea groups is 1. The van der Waals surface area contributed by atoms with Crippen molar-refractivity contribution in [1.29, 1.82) is 0 Å². The van der Waals surface area contributed by atoms with Gasteiger partial charge in [0.2, 0.25) is 0 Å². The number of ether oxygens (including phenoxy) is 1. The molecule has 0 unspecified atom stereocenters. The first-order chi connectivity index (χ1) is 13.4. The largest absolute Gasteiger partial charge is 0.493 e. The molecule has 1 aliphatic heterocycles. The maximum Gasteiger partial charge on any atom is 0.335 e. The molecule has 3 rings (SSSR count). The van der Waals surface area contributed by atoms with Gasteiger partial charge >= 0.3 is 6.03 Å². The number of barbiturate groups is 1. The van der Waals surface area contributed by atoms with Gasteiger partial charge in [-0.15, -0.1) is 0 Å². The van der Waals surface area contributed by atoms with Gasteiger partial charge < -0.3 is 4.74 Å². The van der Waals surface area contributed by atoms with Crippen molar-refractivity contribution in [3.8, 4) is 5.75 Å². The number of carbonyl (C=O) groups excluding carboxylic acids is 3. The van der Waals surface area contributed by atoms with E-state index >= 15 is 0 Å².